The van der Waals surface area contributed by atoms with Gasteiger partial charge in [0.25, 0.3) is 0 Å². The molecule has 0 amide bonds. The Hall–Kier alpha value is -0.880. The summed E-state index contributed by atoms with van der Waals surface area (Å²) in [5.74, 6) is 3.88. The summed E-state index contributed by atoms with van der Waals surface area (Å²) in [5, 5.41) is 4.53. The van der Waals surface area contributed by atoms with Crippen molar-refractivity contribution in [3.63, 3.8) is 0 Å². The Labute approximate surface area is 131 Å². The second-order valence-corrected chi connectivity index (χ2v) is 5.90. The normalized spacial score (nSPS) is 10.6. The lowest BCUT2D eigenvalue weighted by atomic mass is 10.1. The van der Waals surface area contributed by atoms with Crippen molar-refractivity contribution in [1.29, 1.82) is 0 Å². The van der Waals surface area contributed by atoms with Crippen LogP contribution in [0.15, 0.2) is 12.1 Å². The molecule has 0 aliphatic rings. The van der Waals surface area contributed by atoms with E-state index < -0.39 is 0 Å². The van der Waals surface area contributed by atoms with Crippen LogP contribution in [0.2, 0.25) is 10.0 Å². The summed E-state index contributed by atoms with van der Waals surface area (Å²) in [5.41, 5.74) is 0.976. The number of hydrogen-bond donors (Lipinski definition) is 1. The van der Waals surface area contributed by atoms with Gasteiger partial charge in [-0.2, -0.15) is 0 Å². The topological polar surface area (TPSA) is 21.3 Å². The Balaban J connectivity index is 2.71. The summed E-state index contributed by atoms with van der Waals surface area (Å²) in [6.07, 6.45) is 6.74. The van der Waals surface area contributed by atoms with Crippen molar-refractivity contribution in [3.05, 3.63) is 27.7 Å². The van der Waals surface area contributed by atoms with Crippen LogP contribution in [0, 0.1) is 18.3 Å². The third-order valence-corrected chi connectivity index (χ3v) is 3.16. The average Bonchev–Trinajstić information content (AvgIpc) is 2.36. The van der Waals surface area contributed by atoms with E-state index in [1.165, 1.54) is 0 Å². The highest BCUT2D eigenvalue weighted by Crippen LogP contribution is 2.32. The fraction of sp³-hybridized carbons (Fsp3) is 0.500. The molecular weight excluding hydrogens is 293 g/mol. The maximum atomic E-state index is 6.21. The maximum absolute atomic E-state index is 6.21. The summed E-state index contributed by atoms with van der Waals surface area (Å²) in [6.45, 7) is 6.50. The lowest BCUT2D eigenvalue weighted by Crippen LogP contribution is -2.19. The lowest BCUT2D eigenvalue weighted by Gasteiger charge is -2.15. The number of terminal acetylenes is 1. The number of hydrogen-bond acceptors (Lipinski definition) is 2. The van der Waals surface area contributed by atoms with E-state index in [0.29, 0.717) is 41.3 Å². The van der Waals surface area contributed by atoms with E-state index in [1.54, 1.807) is 6.07 Å². The summed E-state index contributed by atoms with van der Waals surface area (Å²) < 4.78 is 5.76. The molecule has 0 bridgehead atoms. The van der Waals surface area contributed by atoms with Gasteiger partial charge in [0.15, 0.2) is 0 Å². The molecule has 1 aromatic rings. The fourth-order valence-electron chi connectivity index (χ4n) is 1.75. The van der Waals surface area contributed by atoms with E-state index in [0.717, 1.165) is 18.5 Å². The molecule has 4 heteroatoms. The third kappa shape index (κ3) is 6.05. The van der Waals surface area contributed by atoms with Gasteiger partial charge in [-0.15, -0.1) is 12.3 Å². The summed E-state index contributed by atoms with van der Waals surface area (Å²) in [7, 11) is 0. The van der Waals surface area contributed by atoms with Gasteiger partial charge < -0.3 is 10.1 Å². The molecule has 0 saturated heterocycles. The first-order valence-electron chi connectivity index (χ1n) is 6.79. The summed E-state index contributed by atoms with van der Waals surface area (Å²) in [4.78, 5) is 0. The highest BCUT2D eigenvalue weighted by Gasteiger charge is 2.11. The number of ether oxygens (including phenoxy) is 1. The number of benzene rings is 1. The van der Waals surface area contributed by atoms with Gasteiger partial charge in [0.1, 0.15) is 5.75 Å². The standard InChI is InChI=1S/C16H21Cl2NO/c1-4-5-6-7-20-16-13(11-19-10-12(2)3)8-14(17)9-15(16)18/h1,8-9,12,19H,5-7,10-11H2,2-3H3. The van der Waals surface area contributed by atoms with Crippen LogP contribution < -0.4 is 10.1 Å². The molecule has 0 aromatic heterocycles. The van der Waals surface area contributed by atoms with Crippen LogP contribution in [-0.4, -0.2) is 13.2 Å². The first-order chi connectivity index (χ1) is 9.54. The zero-order chi connectivity index (χ0) is 15.0. The second kappa shape index (κ2) is 9.13. The molecule has 0 heterocycles. The molecule has 0 aliphatic carbocycles. The van der Waals surface area contributed by atoms with Crippen molar-refractivity contribution in [1.82, 2.24) is 5.32 Å². The molecule has 1 aromatic carbocycles. The van der Waals surface area contributed by atoms with Gasteiger partial charge in [0, 0.05) is 23.6 Å². The molecule has 1 N–H and O–H groups in total. The van der Waals surface area contributed by atoms with E-state index in [4.69, 9.17) is 34.4 Å². The number of unbranched alkanes of at least 4 members (excludes halogenated alkanes) is 1. The minimum Gasteiger partial charge on any atom is -0.492 e. The quantitative estimate of drug-likeness (QED) is 0.562. The smallest absolute Gasteiger partial charge is 0.142 e. The predicted molar refractivity (Wildman–Crippen MR) is 86.6 cm³/mol. The van der Waals surface area contributed by atoms with Crippen molar-refractivity contribution in [3.8, 4) is 18.1 Å². The van der Waals surface area contributed by atoms with E-state index in [-0.39, 0.29) is 0 Å². The molecular formula is C16H21Cl2NO. The maximum Gasteiger partial charge on any atom is 0.142 e. The zero-order valence-electron chi connectivity index (χ0n) is 12.0. The lowest BCUT2D eigenvalue weighted by molar-refractivity contribution is 0.309. The van der Waals surface area contributed by atoms with Gasteiger partial charge in [-0.25, -0.2) is 0 Å². The Morgan fingerprint density at radius 1 is 1.35 bits per heavy atom. The van der Waals surface area contributed by atoms with Crippen LogP contribution in [0.3, 0.4) is 0 Å². The molecule has 0 unspecified atom stereocenters. The van der Waals surface area contributed by atoms with Crippen LogP contribution in [0.4, 0.5) is 0 Å². The van der Waals surface area contributed by atoms with Gasteiger partial charge in [0.2, 0.25) is 0 Å². The predicted octanol–water partition coefficient (Wildman–Crippen LogP) is 4.53. The largest absolute Gasteiger partial charge is 0.492 e. The monoisotopic (exact) mass is 313 g/mol. The van der Waals surface area contributed by atoms with E-state index in [1.807, 2.05) is 6.07 Å². The zero-order valence-corrected chi connectivity index (χ0v) is 13.5. The third-order valence-electron chi connectivity index (χ3n) is 2.67. The van der Waals surface area contributed by atoms with Crippen molar-refractivity contribution < 1.29 is 4.74 Å². The van der Waals surface area contributed by atoms with Crippen LogP contribution in [0.5, 0.6) is 5.75 Å². The highest BCUT2D eigenvalue weighted by atomic mass is 35.5. The van der Waals surface area contributed by atoms with E-state index in [2.05, 4.69) is 25.1 Å². The van der Waals surface area contributed by atoms with E-state index in [9.17, 15) is 0 Å². The first-order valence-corrected chi connectivity index (χ1v) is 7.55. The van der Waals surface area contributed by atoms with Gasteiger partial charge in [0.05, 0.1) is 11.6 Å². The minimum atomic E-state index is 0.541. The Morgan fingerprint density at radius 2 is 2.10 bits per heavy atom. The van der Waals surface area contributed by atoms with Gasteiger partial charge >= 0.3 is 0 Å². The van der Waals surface area contributed by atoms with Crippen LogP contribution in [-0.2, 0) is 6.54 Å². The SMILES string of the molecule is C#CCCCOc1c(Cl)cc(Cl)cc1CNCC(C)C. The summed E-state index contributed by atoms with van der Waals surface area (Å²) in [6, 6.07) is 3.59. The molecule has 20 heavy (non-hydrogen) atoms. The van der Waals surface area contributed by atoms with Crippen molar-refractivity contribution >= 4 is 23.2 Å². The first kappa shape index (κ1) is 17.2. The van der Waals surface area contributed by atoms with Crippen molar-refractivity contribution in [2.45, 2.75) is 33.2 Å². The molecule has 0 aliphatic heterocycles. The van der Waals surface area contributed by atoms with E-state index >= 15 is 0 Å². The fourth-order valence-corrected chi connectivity index (χ4v) is 2.34. The Bertz CT molecular complexity index is 466. The Kier molecular flexibility index (Phi) is 7.84. The number of halogens is 2. The minimum absolute atomic E-state index is 0.541. The molecule has 0 fully saturated rings. The molecule has 0 atom stereocenters. The summed E-state index contributed by atoms with van der Waals surface area (Å²) >= 11 is 12.3. The average molecular weight is 314 g/mol. The molecule has 0 spiro atoms. The molecule has 0 saturated carbocycles. The van der Waals surface area contributed by atoms with Crippen molar-refractivity contribution in [2.24, 2.45) is 5.92 Å². The van der Waals surface area contributed by atoms with Crippen LogP contribution >= 0.6 is 23.2 Å². The highest BCUT2D eigenvalue weighted by molar-refractivity contribution is 6.35. The van der Waals surface area contributed by atoms with Gasteiger partial charge in [-0.3, -0.25) is 0 Å². The molecule has 0 radical (unpaired) electrons. The van der Waals surface area contributed by atoms with Gasteiger partial charge in [-0.05, 0) is 31.0 Å². The molecule has 110 valence electrons. The van der Waals surface area contributed by atoms with Crippen LogP contribution in [0.25, 0.3) is 0 Å². The number of rotatable bonds is 8. The second-order valence-electron chi connectivity index (χ2n) is 5.06. The van der Waals surface area contributed by atoms with Crippen LogP contribution in [0.1, 0.15) is 32.3 Å². The number of nitrogens with one attached hydrogen (secondary N) is 1. The Morgan fingerprint density at radius 3 is 2.75 bits per heavy atom. The molecule has 2 nitrogen and oxygen atoms in total. The van der Waals surface area contributed by atoms with Crippen molar-refractivity contribution in [2.75, 3.05) is 13.2 Å². The molecule has 1 rings (SSSR count). The van der Waals surface area contributed by atoms with Gasteiger partial charge in [-0.1, -0.05) is 37.0 Å².